The Morgan fingerprint density at radius 2 is 1.67 bits per heavy atom. The number of nitrogens with one attached hydrogen (secondary N) is 2. The largest absolute Gasteiger partial charge is 0.480 e. The number of hydrogen-bond donors (Lipinski definition) is 6. The van der Waals surface area contributed by atoms with E-state index in [9.17, 15) is 24.3 Å². The van der Waals surface area contributed by atoms with E-state index in [1.54, 1.807) is 6.26 Å². The second kappa shape index (κ2) is 11.6. The Bertz CT molecular complexity index is 462. The van der Waals surface area contributed by atoms with Gasteiger partial charge in [0.15, 0.2) is 0 Å². The van der Waals surface area contributed by atoms with Crippen LogP contribution in [0, 0.1) is 0 Å². The highest BCUT2D eigenvalue weighted by Crippen LogP contribution is 2.02. The minimum Gasteiger partial charge on any atom is -0.480 e. The van der Waals surface area contributed by atoms with E-state index in [1.165, 1.54) is 11.8 Å². The van der Waals surface area contributed by atoms with E-state index in [0.717, 1.165) is 0 Å². The van der Waals surface area contributed by atoms with Gasteiger partial charge in [0.05, 0.1) is 12.6 Å². The highest BCUT2D eigenvalue weighted by atomic mass is 32.2. The number of rotatable bonds is 12. The summed E-state index contributed by atoms with van der Waals surface area (Å²) < 4.78 is 0. The highest BCUT2D eigenvalue weighted by molar-refractivity contribution is 7.98. The number of carbonyl (C=O) groups excluding carboxylic acids is 3. The van der Waals surface area contributed by atoms with E-state index in [0.29, 0.717) is 5.75 Å². The van der Waals surface area contributed by atoms with Crippen LogP contribution in [0.1, 0.15) is 19.3 Å². The van der Waals surface area contributed by atoms with Crippen molar-refractivity contribution < 1.29 is 29.4 Å². The van der Waals surface area contributed by atoms with Crippen molar-refractivity contribution >= 4 is 35.5 Å². The third-order valence-electron chi connectivity index (χ3n) is 3.08. The summed E-state index contributed by atoms with van der Waals surface area (Å²) in [5.74, 6) is -2.89. The van der Waals surface area contributed by atoms with Crippen LogP contribution in [-0.2, 0) is 19.2 Å². The minimum absolute atomic E-state index is 0.00753. The number of primary amides is 1. The molecule has 0 fully saturated rings. The third kappa shape index (κ3) is 8.70. The Labute approximate surface area is 143 Å². The van der Waals surface area contributed by atoms with Gasteiger partial charge in [0, 0.05) is 6.42 Å². The van der Waals surface area contributed by atoms with E-state index in [4.69, 9.17) is 16.6 Å². The van der Waals surface area contributed by atoms with Gasteiger partial charge in [-0.15, -0.1) is 0 Å². The molecule has 0 saturated heterocycles. The van der Waals surface area contributed by atoms with E-state index in [-0.39, 0.29) is 19.3 Å². The molecule has 0 radical (unpaired) electrons. The second-order valence-corrected chi connectivity index (χ2v) is 6.02. The molecule has 0 aliphatic carbocycles. The average Bonchev–Trinajstić information content (AvgIpc) is 2.53. The van der Waals surface area contributed by atoms with Crippen molar-refractivity contribution in [3.8, 4) is 0 Å². The molecule has 0 rings (SSSR count). The van der Waals surface area contributed by atoms with Crippen molar-refractivity contribution in [1.29, 1.82) is 0 Å². The van der Waals surface area contributed by atoms with Crippen LogP contribution in [0.2, 0.25) is 0 Å². The maximum Gasteiger partial charge on any atom is 0.326 e. The van der Waals surface area contributed by atoms with Gasteiger partial charge in [0.25, 0.3) is 0 Å². The monoisotopic (exact) mass is 364 g/mol. The molecular weight excluding hydrogens is 340 g/mol. The minimum atomic E-state index is -1.34. The van der Waals surface area contributed by atoms with Crippen molar-refractivity contribution in [2.45, 2.75) is 37.4 Å². The SMILES string of the molecule is CSCCC(NC(=O)C(CO)NC(=O)C(N)CCC(N)=O)C(=O)O. The van der Waals surface area contributed by atoms with Gasteiger partial charge in [-0.1, -0.05) is 0 Å². The first-order chi connectivity index (χ1) is 11.2. The number of amides is 3. The van der Waals surface area contributed by atoms with Gasteiger partial charge < -0.3 is 32.3 Å². The molecule has 10 nitrogen and oxygen atoms in total. The molecular formula is C13H24N4O6S. The van der Waals surface area contributed by atoms with Gasteiger partial charge in [-0.05, 0) is 24.9 Å². The number of nitrogens with two attached hydrogens (primary N) is 2. The van der Waals surface area contributed by atoms with E-state index in [2.05, 4.69) is 10.6 Å². The Balaban J connectivity index is 4.64. The molecule has 0 heterocycles. The Kier molecular flexibility index (Phi) is 10.8. The average molecular weight is 364 g/mol. The molecule has 3 atom stereocenters. The number of thioether (sulfide) groups is 1. The summed E-state index contributed by atoms with van der Waals surface area (Å²) in [6.07, 6.45) is 1.89. The lowest BCUT2D eigenvalue weighted by atomic mass is 10.1. The topological polar surface area (TPSA) is 185 Å². The smallest absolute Gasteiger partial charge is 0.326 e. The van der Waals surface area contributed by atoms with E-state index >= 15 is 0 Å². The second-order valence-electron chi connectivity index (χ2n) is 5.04. The van der Waals surface area contributed by atoms with Crippen molar-refractivity contribution in [3.05, 3.63) is 0 Å². The van der Waals surface area contributed by atoms with Crippen molar-refractivity contribution in [2.75, 3.05) is 18.6 Å². The summed E-state index contributed by atoms with van der Waals surface area (Å²) in [7, 11) is 0. The quantitative estimate of drug-likeness (QED) is 0.217. The number of aliphatic hydroxyl groups is 1. The summed E-state index contributed by atoms with van der Waals surface area (Å²) in [6, 6.07) is -3.54. The predicted molar refractivity (Wildman–Crippen MR) is 88.0 cm³/mol. The summed E-state index contributed by atoms with van der Waals surface area (Å²) in [5.41, 5.74) is 10.5. The Morgan fingerprint density at radius 3 is 2.12 bits per heavy atom. The van der Waals surface area contributed by atoms with Gasteiger partial charge in [-0.25, -0.2) is 4.79 Å². The number of carboxylic acid groups (broad SMARTS) is 1. The molecule has 11 heteroatoms. The fourth-order valence-corrected chi connectivity index (χ4v) is 2.14. The standard InChI is InChI=1S/C13H24N4O6S/c1-24-5-4-8(13(22)23)16-12(21)9(6-18)17-11(20)7(14)2-3-10(15)19/h7-9,18H,2-6,14H2,1H3,(H2,15,19)(H,16,21)(H,17,20)(H,22,23). The van der Waals surface area contributed by atoms with Crippen LogP contribution in [0.4, 0.5) is 0 Å². The zero-order valence-corrected chi connectivity index (χ0v) is 14.2. The number of hydrogen-bond acceptors (Lipinski definition) is 7. The van der Waals surface area contributed by atoms with Gasteiger partial charge >= 0.3 is 5.97 Å². The molecule has 0 aromatic carbocycles. The van der Waals surface area contributed by atoms with Crippen molar-refractivity contribution in [1.82, 2.24) is 10.6 Å². The van der Waals surface area contributed by atoms with E-state index < -0.39 is 48.4 Å². The van der Waals surface area contributed by atoms with Crippen molar-refractivity contribution in [2.24, 2.45) is 11.5 Å². The summed E-state index contributed by atoms with van der Waals surface area (Å²) in [5, 5.41) is 22.8. The zero-order valence-electron chi connectivity index (χ0n) is 13.4. The number of aliphatic hydroxyl groups excluding tert-OH is 1. The first-order valence-electron chi connectivity index (χ1n) is 7.20. The van der Waals surface area contributed by atoms with Gasteiger partial charge in [0.1, 0.15) is 12.1 Å². The number of aliphatic carboxylic acids is 1. The molecule has 0 aliphatic heterocycles. The van der Waals surface area contributed by atoms with E-state index in [1.807, 2.05) is 0 Å². The van der Waals surface area contributed by atoms with Gasteiger partial charge in [-0.3, -0.25) is 14.4 Å². The van der Waals surface area contributed by atoms with Crippen LogP contribution in [0.25, 0.3) is 0 Å². The molecule has 0 aromatic rings. The van der Waals surface area contributed by atoms with Crippen LogP contribution in [0.3, 0.4) is 0 Å². The molecule has 0 spiro atoms. The lowest BCUT2D eigenvalue weighted by Gasteiger charge is -2.21. The lowest BCUT2D eigenvalue weighted by molar-refractivity contribution is -0.142. The predicted octanol–water partition coefficient (Wildman–Crippen LogP) is -2.62. The molecule has 0 bridgehead atoms. The van der Waals surface area contributed by atoms with Crippen LogP contribution in [0.5, 0.6) is 0 Å². The molecule has 8 N–H and O–H groups in total. The lowest BCUT2D eigenvalue weighted by Crippen LogP contribution is -2.56. The molecule has 3 amide bonds. The highest BCUT2D eigenvalue weighted by Gasteiger charge is 2.27. The fourth-order valence-electron chi connectivity index (χ4n) is 1.67. The molecule has 138 valence electrons. The van der Waals surface area contributed by atoms with Crippen LogP contribution in [0.15, 0.2) is 0 Å². The van der Waals surface area contributed by atoms with Crippen molar-refractivity contribution in [3.63, 3.8) is 0 Å². The van der Waals surface area contributed by atoms with Gasteiger partial charge in [0.2, 0.25) is 17.7 Å². The van der Waals surface area contributed by atoms with Crippen LogP contribution >= 0.6 is 11.8 Å². The molecule has 0 aromatic heterocycles. The fraction of sp³-hybridized carbons (Fsp3) is 0.692. The third-order valence-corrected chi connectivity index (χ3v) is 3.72. The van der Waals surface area contributed by atoms with Crippen LogP contribution in [-0.4, -0.2) is 70.6 Å². The Morgan fingerprint density at radius 1 is 1.08 bits per heavy atom. The van der Waals surface area contributed by atoms with Crippen LogP contribution < -0.4 is 22.1 Å². The first kappa shape index (κ1) is 22.1. The van der Waals surface area contributed by atoms with Gasteiger partial charge in [-0.2, -0.15) is 11.8 Å². The molecule has 0 saturated carbocycles. The Hall–Kier alpha value is -1.85. The molecule has 3 unspecified atom stereocenters. The maximum atomic E-state index is 12.0. The number of carbonyl (C=O) groups is 4. The number of carboxylic acids is 1. The normalized spacial score (nSPS) is 14.3. The zero-order chi connectivity index (χ0) is 18.7. The summed E-state index contributed by atoms with van der Waals surface area (Å²) >= 11 is 1.42. The summed E-state index contributed by atoms with van der Waals surface area (Å²) in [4.78, 5) is 45.6. The molecule has 0 aliphatic rings. The maximum absolute atomic E-state index is 12.0. The molecule has 24 heavy (non-hydrogen) atoms. The summed E-state index contributed by atoms with van der Waals surface area (Å²) in [6.45, 7) is -0.727. The first-order valence-corrected chi connectivity index (χ1v) is 8.59.